The van der Waals surface area contributed by atoms with E-state index in [0.717, 1.165) is 15.6 Å². The van der Waals surface area contributed by atoms with Crippen LogP contribution in [0.5, 0.6) is 5.75 Å². The topological polar surface area (TPSA) is 74.7 Å². The molecule has 0 atom stereocenters. The van der Waals surface area contributed by atoms with Gasteiger partial charge in [-0.05, 0) is 50.1 Å². The zero-order valence-corrected chi connectivity index (χ0v) is 20.2. The first-order valence-electron chi connectivity index (χ1n) is 9.93. The number of pyridine rings is 1. The van der Waals surface area contributed by atoms with Crippen molar-refractivity contribution in [2.45, 2.75) is 27.4 Å². The second-order valence-corrected chi connectivity index (χ2v) is 8.16. The first kappa shape index (κ1) is 23.5. The second kappa shape index (κ2) is 9.96. The van der Waals surface area contributed by atoms with Gasteiger partial charge in [-0.15, -0.1) is 0 Å². The largest absolute Gasteiger partial charge is 0.488 e. The molecule has 0 unspecified atom stereocenters. The van der Waals surface area contributed by atoms with E-state index < -0.39 is 11.9 Å². The number of aromatic nitrogens is 1. The van der Waals surface area contributed by atoms with Crippen molar-refractivity contribution in [1.82, 2.24) is 4.98 Å². The van der Waals surface area contributed by atoms with E-state index >= 15 is 0 Å². The lowest BCUT2D eigenvalue weighted by atomic mass is 9.92. The Kier molecular flexibility index (Phi) is 7.30. The molecule has 3 rings (SSSR count). The van der Waals surface area contributed by atoms with E-state index in [1.807, 2.05) is 37.3 Å². The van der Waals surface area contributed by atoms with Crippen LogP contribution in [-0.2, 0) is 16.1 Å². The van der Waals surface area contributed by atoms with Gasteiger partial charge in [-0.1, -0.05) is 40.2 Å². The van der Waals surface area contributed by atoms with E-state index in [1.165, 1.54) is 14.2 Å². The lowest BCUT2D eigenvalue weighted by molar-refractivity contribution is 0.0599. The zero-order chi connectivity index (χ0) is 23.4. The van der Waals surface area contributed by atoms with Gasteiger partial charge >= 0.3 is 11.9 Å². The van der Waals surface area contributed by atoms with Gasteiger partial charge < -0.3 is 14.2 Å². The summed E-state index contributed by atoms with van der Waals surface area (Å²) in [5.74, 6) is -0.684. The van der Waals surface area contributed by atoms with Crippen molar-refractivity contribution in [3.8, 4) is 16.9 Å². The van der Waals surface area contributed by atoms with E-state index in [9.17, 15) is 9.59 Å². The fraction of sp³-hybridized carbons (Fsp3) is 0.240. The fourth-order valence-electron chi connectivity index (χ4n) is 3.57. The summed E-state index contributed by atoms with van der Waals surface area (Å²) in [7, 11) is 2.58. The Balaban J connectivity index is 2.26. The van der Waals surface area contributed by atoms with Crippen LogP contribution in [0.3, 0.4) is 0 Å². The number of nitrogens with zero attached hydrogens (tertiary/aromatic N) is 1. The SMILES string of the molecule is COC(=O)c1c(C)nc(C)c(C(=O)OC)c1-c1cc(Br)ccc1OCc1ccccc1C. The van der Waals surface area contributed by atoms with E-state index in [2.05, 4.69) is 20.9 Å². The van der Waals surface area contributed by atoms with Gasteiger partial charge in [-0.2, -0.15) is 0 Å². The van der Waals surface area contributed by atoms with Gasteiger partial charge in [0.25, 0.3) is 0 Å². The molecule has 6 nitrogen and oxygen atoms in total. The molecular formula is C25H24BrNO5. The highest BCUT2D eigenvalue weighted by Crippen LogP contribution is 2.40. The predicted molar refractivity (Wildman–Crippen MR) is 125 cm³/mol. The number of aryl methyl sites for hydroxylation is 3. The smallest absolute Gasteiger partial charge is 0.340 e. The summed E-state index contributed by atoms with van der Waals surface area (Å²) < 4.78 is 17.0. The minimum absolute atomic E-state index is 0.192. The normalized spacial score (nSPS) is 10.6. The maximum absolute atomic E-state index is 12.8. The molecule has 0 spiro atoms. The molecular weight excluding hydrogens is 474 g/mol. The summed E-state index contributed by atoms with van der Waals surface area (Å²) >= 11 is 3.49. The first-order valence-corrected chi connectivity index (χ1v) is 10.7. The van der Waals surface area contributed by atoms with Gasteiger partial charge in [0.05, 0.1) is 36.7 Å². The molecule has 1 heterocycles. The average molecular weight is 498 g/mol. The van der Waals surface area contributed by atoms with Crippen LogP contribution in [0.15, 0.2) is 46.9 Å². The molecule has 0 bridgehead atoms. The van der Waals surface area contributed by atoms with Crippen LogP contribution >= 0.6 is 15.9 Å². The number of ether oxygens (including phenoxy) is 3. The van der Waals surface area contributed by atoms with Gasteiger partial charge in [0.2, 0.25) is 0 Å². The molecule has 1 aromatic heterocycles. The summed E-state index contributed by atoms with van der Waals surface area (Å²) in [5.41, 5.74) is 4.34. The van der Waals surface area contributed by atoms with E-state index in [4.69, 9.17) is 14.2 Å². The minimum atomic E-state index is -0.597. The Morgan fingerprint density at radius 2 is 1.50 bits per heavy atom. The van der Waals surface area contributed by atoms with Gasteiger partial charge in [-0.3, -0.25) is 4.98 Å². The first-order chi connectivity index (χ1) is 15.3. The number of hydrogen-bond donors (Lipinski definition) is 0. The van der Waals surface area contributed by atoms with E-state index in [-0.39, 0.29) is 11.1 Å². The van der Waals surface area contributed by atoms with Crippen LogP contribution in [0.1, 0.15) is 43.2 Å². The minimum Gasteiger partial charge on any atom is -0.488 e. The zero-order valence-electron chi connectivity index (χ0n) is 18.6. The molecule has 3 aromatic rings. The van der Waals surface area contributed by atoms with Crippen LogP contribution in [0.25, 0.3) is 11.1 Å². The third-order valence-electron chi connectivity index (χ3n) is 5.19. The second-order valence-electron chi connectivity index (χ2n) is 7.25. The molecule has 0 aliphatic rings. The van der Waals surface area contributed by atoms with Crippen molar-refractivity contribution < 1.29 is 23.8 Å². The fourth-order valence-corrected chi connectivity index (χ4v) is 3.94. The van der Waals surface area contributed by atoms with Crippen molar-refractivity contribution in [3.05, 3.63) is 80.6 Å². The van der Waals surface area contributed by atoms with Crippen molar-refractivity contribution in [3.63, 3.8) is 0 Å². The third-order valence-corrected chi connectivity index (χ3v) is 5.69. The van der Waals surface area contributed by atoms with Gasteiger partial charge in [0.15, 0.2) is 0 Å². The lowest BCUT2D eigenvalue weighted by Gasteiger charge is -2.20. The molecule has 0 aliphatic heterocycles. The molecule has 0 saturated heterocycles. The molecule has 7 heteroatoms. The van der Waals surface area contributed by atoms with Crippen LogP contribution in [0.4, 0.5) is 0 Å². The van der Waals surface area contributed by atoms with Gasteiger partial charge in [0.1, 0.15) is 12.4 Å². The maximum atomic E-state index is 12.8. The average Bonchev–Trinajstić information content (AvgIpc) is 2.77. The number of halogens is 1. The highest BCUT2D eigenvalue weighted by Gasteiger charge is 2.29. The van der Waals surface area contributed by atoms with Gasteiger partial charge in [-0.25, -0.2) is 9.59 Å². The Labute approximate surface area is 195 Å². The number of carbonyl (C=O) groups is 2. The summed E-state index contributed by atoms with van der Waals surface area (Å²) in [5, 5.41) is 0. The molecule has 166 valence electrons. The number of rotatable bonds is 6. The lowest BCUT2D eigenvalue weighted by Crippen LogP contribution is -2.16. The molecule has 0 saturated carbocycles. The molecule has 0 N–H and O–H groups in total. The number of benzene rings is 2. The molecule has 0 fully saturated rings. The maximum Gasteiger partial charge on any atom is 0.340 e. The summed E-state index contributed by atoms with van der Waals surface area (Å²) in [6.07, 6.45) is 0. The van der Waals surface area contributed by atoms with Crippen LogP contribution in [0.2, 0.25) is 0 Å². The Morgan fingerprint density at radius 3 is 2.06 bits per heavy atom. The molecule has 0 aliphatic carbocycles. The van der Waals surface area contributed by atoms with Crippen LogP contribution < -0.4 is 4.74 Å². The molecule has 0 radical (unpaired) electrons. The highest BCUT2D eigenvalue weighted by atomic mass is 79.9. The van der Waals surface area contributed by atoms with Crippen molar-refractivity contribution in [1.29, 1.82) is 0 Å². The molecule has 2 aromatic carbocycles. The van der Waals surface area contributed by atoms with Crippen molar-refractivity contribution >= 4 is 27.9 Å². The van der Waals surface area contributed by atoms with Crippen molar-refractivity contribution in [2.24, 2.45) is 0 Å². The standard InChI is InChI=1S/C25H24BrNO5/c1-14-8-6-7-9-17(14)13-32-20-11-10-18(26)12-19(20)23-21(24(28)30-4)15(2)27-16(3)22(23)25(29)31-5/h6-12H,13H2,1-5H3. The van der Waals surface area contributed by atoms with E-state index in [1.54, 1.807) is 26.0 Å². The Morgan fingerprint density at radius 1 is 0.906 bits per heavy atom. The van der Waals surface area contributed by atoms with Gasteiger partial charge in [0, 0.05) is 15.6 Å². The van der Waals surface area contributed by atoms with Crippen LogP contribution in [-0.4, -0.2) is 31.1 Å². The molecule has 32 heavy (non-hydrogen) atoms. The number of hydrogen-bond acceptors (Lipinski definition) is 6. The summed E-state index contributed by atoms with van der Waals surface area (Å²) in [6, 6.07) is 13.4. The predicted octanol–water partition coefficient (Wildman–Crippen LogP) is 5.59. The summed E-state index contributed by atoms with van der Waals surface area (Å²) in [6.45, 7) is 5.75. The summed E-state index contributed by atoms with van der Waals surface area (Å²) in [4.78, 5) is 29.9. The van der Waals surface area contributed by atoms with Crippen molar-refractivity contribution in [2.75, 3.05) is 14.2 Å². The molecule has 0 amide bonds. The quantitative estimate of drug-likeness (QED) is 0.413. The number of methoxy groups -OCH3 is 2. The number of carbonyl (C=O) groups excluding carboxylic acids is 2. The Hall–Kier alpha value is -3.19. The van der Waals surface area contributed by atoms with E-state index in [0.29, 0.717) is 34.9 Å². The Bertz CT molecular complexity index is 1150. The number of esters is 2. The third kappa shape index (κ3) is 4.67. The monoisotopic (exact) mass is 497 g/mol. The van der Waals surface area contributed by atoms with Crippen LogP contribution in [0, 0.1) is 20.8 Å². The highest BCUT2D eigenvalue weighted by molar-refractivity contribution is 9.10.